The smallest absolute Gasteiger partial charge is 0.340 e. The number of aromatic nitrogens is 2. The molecule has 0 radical (unpaired) electrons. The van der Waals surface area contributed by atoms with Gasteiger partial charge in [0.25, 0.3) is 0 Å². The Morgan fingerprint density at radius 1 is 0.711 bits per heavy atom. The van der Waals surface area contributed by atoms with E-state index in [0.717, 1.165) is 40.2 Å². The van der Waals surface area contributed by atoms with Crippen molar-refractivity contribution in [3.63, 3.8) is 0 Å². The topological polar surface area (TPSA) is 24.3 Å². The average molecular weight is 533 g/mol. The number of benzene rings is 3. The molecular weight excluding hydrogens is 506 g/mol. The van der Waals surface area contributed by atoms with Gasteiger partial charge in [-0.1, -0.05) is 42.5 Å². The Hall–Kier alpha value is -3.53. The number of hydrogen-bond acceptors (Lipinski definition) is 3. The van der Waals surface area contributed by atoms with Gasteiger partial charge in [-0.05, 0) is 47.9 Å². The quantitative estimate of drug-likeness (QED) is 0.266. The Kier molecular flexibility index (Phi) is 6.85. The SMILES string of the molecule is Cc1cccc2c1nc(N1CCN(Cc3cc(C(F)(F)F)cc(C(F)(F)F)c3)CC1)n2Cc1ccccc1. The maximum atomic E-state index is 13.3. The summed E-state index contributed by atoms with van der Waals surface area (Å²) in [5.74, 6) is 0.802. The molecule has 0 amide bonds. The second-order valence-corrected chi connectivity index (χ2v) is 9.60. The maximum absolute atomic E-state index is 13.3. The normalized spacial score (nSPS) is 15.4. The van der Waals surface area contributed by atoms with E-state index in [9.17, 15) is 26.3 Å². The van der Waals surface area contributed by atoms with Crippen LogP contribution >= 0.6 is 0 Å². The molecule has 1 aliphatic rings. The van der Waals surface area contributed by atoms with Crippen LogP contribution in [0.25, 0.3) is 11.0 Å². The molecule has 0 bridgehead atoms. The van der Waals surface area contributed by atoms with Gasteiger partial charge < -0.3 is 9.47 Å². The number of anilines is 1. The van der Waals surface area contributed by atoms with Gasteiger partial charge in [0.15, 0.2) is 0 Å². The van der Waals surface area contributed by atoms with Gasteiger partial charge >= 0.3 is 12.4 Å². The van der Waals surface area contributed by atoms with E-state index < -0.39 is 23.5 Å². The lowest BCUT2D eigenvalue weighted by atomic mass is 10.0. The zero-order valence-corrected chi connectivity index (χ0v) is 20.7. The minimum atomic E-state index is -4.86. The summed E-state index contributed by atoms with van der Waals surface area (Å²) in [5.41, 5.74) is 1.52. The Bertz CT molecular complexity index is 1390. The number of alkyl halides is 6. The van der Waals surface area contributed by atoms with Crippen LogP contribution in [0, 0.1) is 6.92 Å². The highest BCUT2D eigenvalue weighted by atomic mass is 19.4. The second-order valence-electron chi connectivity index (χ2n) is 9.60. The minimum absolute atomic E-state index is 0.000377. The van der Waals surface area contributed by atoms with Gasteiger partial charge in [0.05, 0.1) is 28.7 Å². The largest absolute Gasteiger partial charge is 0.416 e. The van der Waals surface area contributed by atoms with Crippen LogP contribution in [-0.4, -0.2) is 40.6 Å². The Morgan fingerprint density at radius 3 is 1.95 bits per heavy atom. The van der Waals surface area contributed by atoms with E-state index in [0.29, 0.717) is 32.7 Å². The van der Waals surface area contributed by atoms with Gasteiger partial charge in [-0.25, -0.2) is 4.98 Å². The summed E-state index contributed by atoms with van der Waals surface area (Å²) in [6, 6.07) is 17.8. The number of imidazole rings is 1. The van der Waals surface area contributed by atoms with E-state index in [1.165, 1.54) is 0 Å². The maximum Gasteiger partial charge on any atom is 0.416 e. The molecule has 1 aliphatic heterocycles. The van der Waals surface area contributed by atoms with E-state index in [4.69, 9.17) is 4.98 Å². The lowest BCUT2D eigenvalue weighted by molar-refractivity contribution is -0.143. The number of aryl methyl sites for hydroxylation is 1. The Labute approximate surface area is 216 Å². The highest BCUT2D eigenvalue weighted by Crippen LogP contribution is 2.36. The van der Waals surface area contributed by atoms with Crippen LogP contribution in [0.4, 0.5) is 32.3 Å². The van der Waals surface area contributed by atoms with Gasteiger partial charge in [0, 0.05) is 32.7 Å². The summed E-state index contributed by atoms with van der Waals surface area (Å²) in [6.45, 7) is 4.68. The summed E-state index contributed by atoms with van der Waals surface area (Å²) < 4.78 is 81.8. The summed E-state index contributed by atoms with van der Waals surface area (Å²) >= 11 is 0. The van der Waals surface area contributed by atoms with Gasteiger partial charge in [-0.2, -0.15) is 26.3 Å². The molecular formula is C28H26F6N4. The molecule has 0 atom stereocenters. The van der Waals surface area contributed by atoms with Crippen LogP contribution in [0.2, 0.25) is 0 Å². The second kappa shape index (κ2) is 9.98. The van der Waals surface area contributed by atoms with Crippen molar-refractivity contribution in [1.82, 2.24) is 14.5 Å². The number of rotatable bonds is 5. The van der Waals surface area contributed by atoms with Gasteiger partial charge in [-0.15, -0.1) is 0 Å². The summed E-state index contributed by atoms with van der Waals surface area (Å²) in [7, 11) is 0. The zero-order valence-electron chi connectivity index (χ0n) is 20.7. The molecule has 10 heteroatoms. The van der Waals surface area contributed by atoms with Crippen molar-refractivity contribution >= 4 is 17.0 Å². The molecule has 1 aromatic heterocycles. The molecule has 1 saturated heterocycles. The first kappa shape index (κ1) is 26.1. The van der Waals surface area contributed by atoms with Gasteiger partial charge in [0.2, 0.25) is 5.95 Å². The number of hydrogen-bond donors (Lipinski definition) is 0. The molecule has 4 aromatic rings. The molecule has 38 heavy (non-hydrogen) atoms. The molecule has 1 fully saturated rings. The first-order valence-electron chi connectivity index (χ1n) is 12.2. The third kappa shape index (κ3) is 5.50. The van der Waals surface area contributed by atoms with E-state index in [1.807, 2.05) is 60.4 Å². The highest BCUT2D eigenvalue weighted by molar-refractivity contribution is 5.82. The average Bonchev–Trinajstić information content (AvgIpc) is 3.23. The first-order valence-corrected chi connectivity index (χ1v) is 12.2. The molecule has 0 aliphatic carbocycles. The fourth-order valence-electron chi connectivity index (χ4n) is 4.91. The van der Waals surface area contributed by atoms with Crippen LogP contribution in [0.15, 0.2) is 66.7 Å². The Balaban J connectivity index is 1.37. The predicted octanol–water partition coefficient (Wildman–Crippen LogP) is 6.75. The number of halogens is 6. The van der Waals surface area contributed by atoms with Crippen molar-refractivity contribution in [3.8, 4) is 0 Å². The minimum Gasteiger partial charge on any atom is -0.340 e. The van der Waals surface area contributed by atoms with Crippen LogP contribution in [0.1, 0.15) is 27.8 Å². The summed E-state index contributed by atoms with van der Waals surface area (Å²) in [6.07, 6.45) is -9.71. The molecule has 200 valence electrons. The Morgan fingerprint density at radius 2 is 1.34 bits per heavy atom. The van der Waals surface area contributed by atoms with E-state index >= 15 is 0 Å². The standard InChI is InChI=1S/C28H26F6N4/c1-19-6-5-9-24-25(19)35-26(38(24)18-20-7-3-2-4-8-20)37-12-10-36(11-13-37)17-21-14-22(27(29,30)31)16-23(15-21)28(32,33)34/h2-9,14-16H,10-13,17-18H2,1H3. The van der Waals surface area contributed by atoms with Crippen LogP contribution in [0.3, 0.4) is 0 Å². The molecule has 0 spiro atoms. The molecule has 2 heterocycles. The molecule has 4 nitrogen and oxygen atoms in total. The van der Waals surface area contributed by atoms with Crippen molar-refractivity contribution in [3.05, 3.63) is 94.5 Å². The molecule has 3 aromatic carbocycles. The molecule has 0 saturated carbocycles. The summed E-state index contributed by atoms with van der Waals surface area (Å²) in [4.78, 5) is 8.95. The monoisotopic (exact) mass is 532 g/mol. The highest BCUT2D eigenvalue weighted by Gasteiger charge is 2.37. The lowest BCUT2D eigenvalue weighted by Crippen LogP contribution is -2.47. The number of nitrogens with zero attached hydrogens (tertiary/aromatic N) is 4. The van der Waals surface area contributed by atoms with Crippen LogP contribution < -0.4 is 4.90 Å². The number of piperazine rings is 1. The third-order valence-electron chi connectivity index (χ3n) is 6.85. The van der Waals surface area contributed by atoms with Gasteiger partial charge in [0.1, 0.15) is 0 Å². The van der Waals surface area contributed by atoms with Crippen molar-refractivity contribution in [2.45, 2.75) is 32.4 Å². The molecule has 0 unspecified atom stereocenters. The van der Waals surface area contributed by atoms with Crippen LogP contribution in [-0.2, 0) is 25.4 Å². The lowest BCUT2D eigenvalue weighted by Gasteiger charge is -2.35. The fourth-order valence-corrected chi connectivity index (χ4v) is 4.91. The van der Waals surface area contributed by atoms with Crippen molar-refractivity contribution in [2.24, 2.45) is 0 Å². The van der Waals surface area contributed by atoms with Gasteiger partial charge in [-0.3, -0.25) is 4.90 Å². The zero-order chi connectivity index (χ0) is 27.1. The third-order valence-corrected chi connectivity index (χ3v) is 6.85. The van der Waals surface area contributed by atoms with Crippen LogP contribution in [0.5, 0.6) is 0 Å². The number of fused-ring (bicyclic) bond motifs is 1. The first-order chi connectivity index (χ1) is 18.0. The van der Waals surface area contributed by atoms with Crippen molar-refractivity contribution in [2.75, 3.05) is 31.1 Å². The molecule has 0 N–H and O–H groups in total. The summed E-state index contributed by atoms with van der Waals surface area (Å²) in [5, 5.41) is 0. The van der Waals surface area contributed by atoms with E-state index in [1.54, 1.807) is 0 Å². The van der Waals surface area contributed by atoms with E-state index in [2.05, 4.69) is 9.47 Å². The van der Waals surface area contributed by atoms with E-state index in [-0.39, 0.29) is 18.2 Å². The van der Waals surface area contributed by atoms with Crippen molar-refractivity contribution < 1.29 is 26.3 Å². The van der Waals surface area contributed by atoms with Crippen molar-refractivity contribution in [1.29, 1.82) is 0 Å². The fraction of sp³-hybridized carbons (Fsp3) is 0.321. The predicted molar refractivity (Wildman–Crippen MR) is 134 cm³/mol. The molecule has 5 rings (SSSR count). The number of para-hydroxylation sites is 1.